The molecule has 2 aromatic rings. The number of benzene rings is 1. The molecule has 0 saturated carbocycles. The average Bonchev–Trinajstić information content (AvgIpc) is 2.88. The summed E-state index contributed by atoms with van der Waals surface area (Å²) in [6.07, 6.45) is 1.44. The molecule has 0 aliphatic rings. The third-order valence-corrected chi connectivity index (χ3v) is 3.14. The number of H-pyrrole nitrogens is 1. The molecular formula is C13H12BrF2N3O3. The number of hydrogen-bond donors (Lipinski definition) is 2. The van der Waals surface area contributed by atoms with Gasteiger partial charge in [-0.15, -0.1) is 0 Å². The van der Waals surface area contributed by atoms with Crippen LogP contribution in [0.5, 0.6) is 11.5 Å². The third kappa shape index (κ3) is 3.94. The van der Waals surface area contributed by atoms with Gasteiger partial charge in [-0.25, -0.2) is 0 Å². The van der Waals surface area contributed by atoms with Crippen LogP contribution >= 0.6 is 15.9 Å². The minimum Gasteiger partial charge on any atom is -0.490 e. The van der Waals surface area contributed by atoms with Crippen molar-refractivity contribution < 1.29 is 23.0 Å². The molecule has 6 nitrogen and oxygen atoms in total. The van der Waals surface area contributed by atoms with E-state index in [0.717, 1.165) is 0 Å². The van der Waals surface area contributed by atoms with Gasteiger partial charge in [0.1, 0.15) is 5.69 Å². The van der Waals surface area contributed by atoms with Gasteiger partial charge < -0.3 is 14.8 Å². The average molecular weight is 376 g/mol. The van der Waals surface area contributed by atoms with E-state index in [0.29, 0.717) is 10.2 Å². The molecule has 118 valence electrons. The molecule has 0 fully saturated rings. The Labute approximate surface area is 132 Å². The van der Waals surface area contributed by atoms with E-state index < -0.39 is 12.5 Å². The molecule has 2 rings (SSSR count). The van der Waals surface area contributed by atoms with Crippen LogP contribution in [0.3, 0.4) is 0 Å². The van der Waals surface area contributed by atoms with E-state index in [9.17, 15) is 13.6 Å². The minimum absolute atomic E-state index is 0.0995. The van der Waals surface area contributed by atoms with Crippen molar-refractivity contribution in [1.29, 1.82) is 0 Å². The molecule has 1 aromatic heterocycles. The van der Waals surface area contributed by atoms with Crippen LogP contribution < -0.4 is 14.8 Å². The zero-order chi connectivity index (χ0) is 16.1. The fourth-order valence-corrected chi connectivity index (χ4v) is 2.04. The van der Waals surface area contributed by atoms with Crippen molar-refractivity contribution in [2.24, 2.45) is 0 Å². The predicted molar refractivity (Wildman–Crippen MR) is 78.5 cm³/mol. The first-order chi connectivity index (χ1) is 10.5. The lowest BCUT2D eigenvalue weighted by Crippen LogP contribution is -2.13. The van der Waals surface area contributed by atoms with E-state index in [4.69, 9.17) is 4.74 Å². The molecule has 22 heavy (non-hydrogen) atoms. The number of halogens is 3. The highest BCUT2D eigenvalue weighted by atomic mass is 79.9. The van der Waals surface area contributed by atoms with Gasteiger partial charge in [0.2, 0.25) is 0 Å². The summed E-state index contributed by atoms with van der Waals surface area (Å²) in [6, 6.07) is 4.14. The molecule has 2 N–H and O–H groups in total. The zero-order valence-electron chi connectivity index (χ0n) is 11.4. The van der Waals surface area contributed by atoms with E-state index in [1.165, 1.54) is 24.4 Å². The highest BCUT2D eigenvalue weighted by Crippen LogP contribution is 2.32. The van der Waals surface area contributed by atoms with Gasteiger partial charge in [-0.05, 0) is 35.0 Å². The molecule has 1 heterocycles. The fourth-order valence-electron chi connectivity index (χ4n) is 1.67. The maximum atomic E-state index is 12.3. The van der Waals surface area contributed by atoms with Crippen LogP contribution in [0.4, 0.5) is 14.5 Å². The first-order valence-corrected chi connectivity index (χ1v) is 7.02. The predicted octanol–water partition coefficient (Wildman–Crippen LogP) is 3.42. The third-order valence-electron chi connectivity index (χ3n) is 2.54. The summed E-state index contributed by atoms with van der Waals surface area (Å²) in [4.78, 5) is 12.0. The first kappa shape index (κ1) is 16.2. The smallest absolute Gasteiger partial charge is 0.387 e. The number of anilines is 1. The lowest BCUT2D eigenvalue weighted by atomic mass is 10.2. The van der Waals surface area contributed by atoms with Gasteiger partial charge in [-0.2, -0.15) is 13.9 Å². The summed E-state index contributed by atoms with van der Waals surface area (Å²) in [7, 11) is 0. The monoisotopic (exact) mass is 375 g/mol. The second-order valence-corrected chi connectivity index (χ2v) is 4.87. The summed E-state index contributed by atoms with van der Waals surface area (Å²) in [5.74, 6) is -0.420. The highest BCUT2D eigenvalue weighted by molar-refractivity contribution is 9.10. The van der Waals surface area contributed by atoms with E-state index in [1.807, 2.05) is 0 Å². The van der Waals surface area contributed by atoms with Crippen molar-refractivity contribution in [3.63, 3.8) is 0 Å². The van der Waals surface area contributed by atoms with Crippen molar-refractivity contribution in [1.82, 2.24) is 10.2 Å². The Morgan fingerprint density at radius 1 is 1.45 bits per heavy atom. The van der Waals surface area contributed by atoms with Gasteiger partial charge >= 0.3 is 6.61 Å². The Balaban J connectivity index is 2.19. The number of carbonyl (C=O) groups excluding carboxylic acids is 1. The lowest BCUT2D eigenvalue weighted by Gasteiger charge is -2.13. The highest BCUT2D eigenvalue weighted by Gasteiger charge is 2.15. The molecule has 0 bridgehead atoms. The van der Waals surface area contributed by atoms with Gasteiger partial charge in [-0.1, -0.05) is 0 Å². The van der Waals surface area contributed by atoms with Crippen LogP contribution in [0, 0.1) is 0 Å². The van der Waals surface area contributed by atoms with Crippen LogP contribution in [0.25, 0.3) is 0 Å². The van der Waals surface area contributed by atoms with Crippen molar-refractivity contribution in [2.75, 3.05) is 11.9 Å². The standard InChI is InChI=1S/C13H12BrF2N3O3/c1-2-21-10-5-7(3-4-9(10)22-13(15)16)18-12(20)11-8(14)6-17-19-11/h3-6,13H,2H2,1H3,(H,17,19)(H,18,20). The van der Waals surface area contributed by atoms with Crippen LogP contribution in [-0.2, 0) is 0 Å². The molecule has 1 aromatic carbocycles. The number of hydrogen-bond acceptors (Lipinski definition) is 4. The van der Waals surface area contributed by atoms with Crippen molar-refractivity contribution in [3.8, 4) is 11.5 Å². The second-order valence-electron chi connectivity index (χ2n) is 4.02. The topological polar surface area (TPSA) is 76.2 Å². The quantitative estimate of drug-likeness (QED) is 0.810. The molecule has 0 aliphatic carbocycles. The maximum absolute atomic E-state index is 12.3. The van der Waals surface area contributed by atoms with Gasteiger partial charge in [0, 0.05) is 11.8 Å². The summed E-state index contributed by atoms with van der Waals surface area (Å²) in [5.41, 5.74) is 0.613. The van der Waals surface area contributed by atoms with E-state index in [2.05, 4.69) is 36.2 Å². The van der Waals surface area contributed by atoms with Crippen molar-refractivity contribution in [3.05, 3.63) is 34.6 Å². The number of amides is 1. The molecule has 0 atom stereocenters. The van der Waals surface area contributed by atoms with Gasteiger partial charge in [0.05, 0.1) is 17.3 Å². The summed E-state index contributed by atoms with van der Waals surface area (Å²) in [6.45, 7) is -0.983. The molecule has 0 unspecified atom stereocenters. The van der Waals surface area contributed by atoms with Crippen molar-refractivity contribution in [2.45, 2.75) is 13.5 Å². The van der Waals surface area contributed by atoms with Gasteiger partial charge in [-0.3, -0.25) is 9.89 Å². The molecule has 1 amide bonds. The number of alkyl halides is 2. The molecule has 0 spiro atoms. The summed E-state index contributed by atoms with van der Waals surface area (Å²) < 4.78 is 34.7. The van der Waals surface area contributed by atoms with E-state index >= 15 is 0 Å². The van der Waals surface area contributed by atoms with Crippen LogP contribution in [-0.4, -0.2) is 29.3 Å². The zero-order valence-corrected chi connectivity index (χ0v) is 13.0. The molecule has 0 radical (unpaired) electrons. The summed E-state index contributed by atoms with van der Waals surface area (Å²) in [5, 5.41) is 8.86. The number of aromatic nitrogens is 2. The van der Waals surface area contributed by atoms with E-state index in [1.54, 1.807) is 6.92 Å². The van der Waals surface area contributed by atoms with Crippen LogP contribution in [0.2, 0.25) is 0 Å². The van der Waals surface area contributed by atoms with Crippen LogP contribution in [0.1, 0.15) is 17.4 Å². The molecular weight excluding hydrogens is 364 g/mol. The lowest BCUT2D eigenvalue weighted by molar-refractivity contribution is -0.0514. The SMILES string of the molecule is CCOc1cc(NC(=O)c2[nH]ncc2Br)ccc1OC(F)F. The maximum Gasteiger partial charge on any atom is 0.387 e. The van der Waals surface area contributed by atoms with Crippen molar-refractivity contribution >= 4 is 27.5 Å². The fraction of sp³-hybridized carbons (Fsp3) is 0.231. The number of nitrogens with zero attached hydrogens (tertiary/aromatic N) is 1. The Morgan fingerprint density at radius 2 is 2.23 bits per heavy atom. The number of nitrogens with one attached hydrogen (secondary N) is 2. The second kappa shape index (κ2) is 7.21. The van der Waals surface area contributed by atoms with Gasteiger partial charge in [0.15, 0.2) is 11.5 Å². The molecule has 9 heteroatoms. The Morgan fingerprint density at radius 3 is 2.82 bits per heavy atom. The Kier molecular flexibility index (Phi) is 5.31. The first-order valence-electron chi connectivity index (χ1n) is 6.23. The van der Waals surface area contributed by atoms with Crippen LogP contribution in [0.15, 0.2) is 28.9 Å². The molecule has 0 aliphatic heterocycles. The van der Waals surface area contributed by atoms with Gasteiger partial charge in [0.25, 0.3) is 5.91 Å². The number of rotatable bonds is 6. The Bertz CT molecular complexity index is 664. The summed E-state index contributed by atoms with van der Waals surface area (Å²) >= 11 is 3.18. The minimum atomic E-state index is -2.96. The largest absolute Gasteiger partial charge is 0.490 e. The normalized spacial score (nSPS) is 10.6. The molecule has 0 saturated heterocycles. The number of aromatic amines is 1. The Hall–Kier alpha value is -2.16. The number of ether oxygens (including phenoxy) is 2. The van der Waals surface area contributed by atoms with E-state index in [-0.39, 0.29) is 23.8 Å². The number of carbonyl (C=O) groups is 1.